The molecule has 2 heterocycles. The van der Waals surface area contributed by atoms with E-state index in [1.54, 1.807) is 13.2 Å². The lowest BCUT2D eigenvalue weighted by Crippen LogP contribution is -2.58. The molecule has 282 valence electrons. The monoisotopic (exact) mass is 751 g/mol. The predicted octanol–water partition coefficient (Wildman–Crippen LogP) is 4.10. The standard InChI is InChI=1S/C41H45N5O7S/c1-5-28-24-41(28,40(49)44-54(50,51)31-17-18-31)43-38(47)35-22-30(25-46(35)39(48)36(45(2)3)20-26-12-8-6-9-13-26)53-37-23-33(27-14-10-7-11-15-27)42-34-21-29(52-4)16-19-32(34)37/h5-16,19,21,23,28,30-31,35-36H,1,17-18,20,22,24-25H2,2-4H3,(H,43,47)(H,44,49)/t28?,30?,35?,36-,41+/m0/s1. The van der Waals surface area contributed by atoms with Crippen molar-refractivity contribution in [2.45, 2.75) is 61.1 Å². The summed E-state index contributed by atoms with van der Waals surface area (Å²) in [5, 5.41) is 3.00. The predicted molar refractivity (Wildman–Crippen MR) is 205 cm³/mol. The van der Waals surface area contributed by atoms with Gasteiger partial charge in [-0.05, 0) is 57.5 Å². The molecule has 0 radical (unpaired) electrons. The molecule has 1 aromatic heterocycles. The summed E-state index contributed by atoms with van der Waals surface area (Å²) in [6, 6.07) is 25.1. The number of carbonyl (C=O) groups excluding carboxylic acids is 3. The summed E-state index contributed by atoms with van der Waals surface area (Å²) in [4.78, 5) is 50.8. The molecule has 12 nitrogen and oxygen atoms in total. The van der Waals surface area contributed by atoms with Crippen LogP contribution in [-0.4, -0.2) is 97.6 Å². The van der Waals surface area contributed by atoms with Crippen LogP contribution in [0.5, 0.6) is 11.5 Å². The minimum Gasteiger partial charge on any atom is -0.497 e. The second-order valence-electron chi connectivity index (χ2n) is 14.6. The lowest BCUT2D eigenvalue weighted by atomic mass is 10.0. The topological polar surface area (TPSA) is 147 Å². The van der Waals surface area contributed by atoms with Crippen molar-refractivity contribution in [2.75, 3.05) is 27.7 Å². The molecule has 1 saturated heterocycles. The second-order valence-corrected chi connectivity index (χ2v) is 16.5. The Morgan fingerprint density at radius 2 is 1.74 bits per heavy atom. The van der Waals surface area contributed by atoms with E-state index >= 15 is 0 Å². The Hall–Kier alpha value is -5.27. The van der Waals surface area contributed by atoms with Crippen LogP contribution in [0.3, 0.4) is 0 Å². The van der Waals surface area contributed by atoms with Crippen LogP contribution in [0.15, 0.2) is 97.6 Å². The van der Waals surface area contributed by atoms with E-state index < -0.39 is 56.7 Å². The van der Waals surface area contributed by atoms with E-state index in [4.69, 9.17) is 14.5 Å². The summed E-state index contributed by atoms with van der Waals surface area (Å²) in [5.41, 5.74) is 1.68. The number of sulfonamides is 1. The highest BCUT2D eigenvalue weighted by Crippen LogP contribution is 2.45. The zero-order chi connectivity index (χ0) is 38.2. The van der Waals surface area contributed by atoms with Crippen molar-refractivity contribution in [2.24, 2.45) is 5.92 Å². The summed E-state index contributed by atoms with van der Waals surface area (Å²) in [6.45, 7) is 3.91. The Morgan fingerprint density at radius 3 is 2.37 bits per heavy atom. The Kier molecular flexibility index (Phi) is 10.2. The van der Waals surface area contributed by atoms with Crippen molar-refractivity contribution in [1.82, 2.24) is 24.8 Å². The first-order chi connectivity index (χ1) is 25.9. The quantitative estimate of drug-likeness (QED) is 0.182. The van der Waals surface area contributed by atoms with Crippen LogP contribution in [0, 0.1) is 5.92 Å². The number of aromatic nitrogens is 1. The SMILES string of the molecule is C=CC1C[C@]1(NC(=O)C1CC(Oc2cc(-c3ccccc3)nc3cc(OC)ccc23)CN1C(=O)[C@H](Cc1ccccc1)N(C)C)C(=O)NS(=O)(=O)C1CC1. The highest BCUT2D eigenvalue weighted by molar-refractivity contribution is 7.91. The number of amides is 3. The number of benzene rings is 3. The van der Waals surface area contributed by atoms with Gasteiger partial charge in [0.2, 0.25) is 21.8 Å². The molecular formula is C41H45N5O7S. The van der Waals surface area contributed by atoms with Crippen molar-refractivity contribution in [3.8, 4) is 22.8 Å². The highest BCUT2D eigenvalue weighted by Gasteiger charge is 2.62. The Morgan fingerprint density at radius 1 is 1.04 bits per heavy atom. The van der Waals surface area contributed by atoms with E-state index in [-0.39, 0.29) is 25.3 Å². The number of methoxy groups -OCH3 is 1. The number of hydrogen-bond acceptors (Lipinski definition) is 9. The van der Waals surface area contributed by atoms with Gasteiger partial charge < -0.3 is 19.7 Å². The average Bonchev–Trinajstić information content (AvgIpc) is 4.10. The summed E-state index contributed by atoms with van der Waals surface area (Å²) in [7, 11) is 1.37. The Bertz CT molecular complexity index is 2180. The van der Waals surface area contributed by atoms with E-state index in [1.807, 2.05) is 104 Å². The van der Waals surface area contributed by atoms with Gasteiger partial charge in [-0.25, -0.2) is 13.4 Å². The number of likely N-dealkylation sites (tertiary alicyclic amines) is 1. The van der Waals surface area contributed by atoms with Gasteiger partial charge in [0, 0.05) is 35.4 Å². The number of nitrogens with zero attached hydrogens (tertiary/aromatic N) is 3. The van der Waals surface area contributed by atoms with Gasteiger partial charge in [0.25, 0.3) is 5.91 Å². The first-order valence-electron chi connectivity index (χ1n) is 18.1. The minimum atomic E-state index is -3.87. The largest absolute Gasteiger partial charge is 0.497 e. The molecule has 13 heteroatoms. The van der Waals surface area contributed by atoms with Gasteiger partial charge in [0.1, 0.15) is 29.2 Å². The summed E-state index contributed by atoms with van der Waals surface area (Å²) in [6.07, 6.45) is 2.62. The number of carbonyl (C=O) groups is 3. The van der Waals surface area contributed by atoms with Crippen LogP contribution in [0.25, 0.3) is 22.2 Å². The van der Waals surface area contributed by atoms with Crippen LogP contribution >= 0.6 is 0 Å². The molecule has 4 aromatic rings. The number of hydrogen-bond donors (Lipinski definition) is 2. The molecule has 0 bridgehead atoms. The maximum Gasteiger partial charge on any atom is 0.259 e. The molecule has 0 spiro atoms. The second kappa shape index (κ2) is 14.9. The molecule has 3 fully saturated rings. The summed E-state index contributed by atoms with van der Waals surface area (Å²) in [5.74, 6) is -0.936. The molecule has 2 aliphatic carbocycles. The molecule has 2 N–H and O–H groups in total. The Labute approximate surface area is 315 Å². The van der Waals surface area contributed by atoms with Crippen LogP contribution in [-0.2, 0) is 30.8 Å². The van der Waals surface area contributed by atoms with E-state index in [9.17, 15) is 22.8 Å². The molecule has 1 aliphatic heterocycles. The lowest BCUT2D eigenvalue weighted by Gasteiger charge is -2.32. The number of nitrogens with one attached hydrogen (secondary N) is 2. The van der Waals surface area contributed by atoms with Crippen molar-refractivity contribution in [1.29, 1.82) is 0 Å². The normalized spacial score (nSPS) is 22.7. The summed E-state index contributed by atoms with van der Waals surface area (Å²) >= 11 is 0. The maximum absolute atomic E-state index is 14.6. The fourth-order valence-corrected chi connectivity index (χ4v) is 8.61. The first-order valence-corrected chi connectivity index (χ1v) is 19.7. The van der Waals surface area contributed by atoms with Crippen LogP contribution in [0.1, 0.15) is 31.2 Å². The Balaban J connectivity index is 1.21. The smallest absolute Gasteiger partial charge is 0.259 e. The zero-order valence-corrected chi connectivity index (χ0v) is 31.4. The van der Waals surface area contributed by atoms with E-state index in [0.717, 1.165) is 16.5 Å². The third kappa shape index (κ3) is 7.56. The fourth-order valence-electron chi connectivity index (χ4n) is 7.25. The third-order valence-corrected chi connectivity index (χ3v) is 12.4. The molecule has 3 amide bonds. The number of rotatable bonds is 14. The van der Waals surface area contributed by atoms with Crippen LogP contribution in [0.2, 0.25) is 0 Å². The molecule has 2 saturated carbocycles. The highest BCUT2D eigenvalue weighted by atomic mass is 32.2. The van der Waals surface area contributed by atoms with Crippen LogP contribution in [0.4, 0.5) is 0 Å². The van der Waals surface area contributed by atoms with Gasteiger partial charge >= 0.3 is 0 Å². The van der Waals surface area contributed by atoms with Crippen LogP contribution < -0.4 is 19.5 Å². The molecule has 54 heavy (non-hydrogen) atoms. The van der Waals surface area contributed by atoms with E-state index in [0.29, 0.717) is 42.0 Å². The molecule has 3 aliphatic rings. The molecule has 7 rings (SSSR count). The van der Waals surface area contributed by atoms with Gasteiger partial charge in [0.15, 0.2) is 0 Å². The molecular weight excluding hydrogens is 707 g/mol. The average molecular weight is 752 g/mol. The minimum absolute atomic E-state index is 0.0941. The van der Waals surface area contributed by atoms with Crippen molar-refractivity contribution < 1.29 is 32.3 Å². The van der Waals surface area contributed by atoms with Gasteiger partial charge in [0.05, 0.1) is 36.2 Å². The van der Waals surface area contributed by atoms with Gasteiger partial charge in [-0.2, -0.15) is 0 Å². The van der Waals surface area contributed by atoms with Crippen molar-refractivity contribution in [3.63, 3.8) is 0 Å². The maximum atomic E-state index is 14.6. The van der Waals surface area contributed by atoms with Gasteiger partial charge in [-0.15, -0.1) is 6.58 Å². The van der Waals surface area contributed by atoms with Crippen molar-refractivity contribution in [3.05, 3.63) is 103 Å². The first kappa shape index (κ1) is 37.1. The van der Waals surface area contributed by atoms with E-state index in [2.05, 4.69) is 16.6 Å². The zero-order valence-electron chi connectivity index (χ0n) is 30.6. The van der Waals surface area contributed by atoms with E-state index in [1.165, 1.54) is 4.90 Å². The number of likely N-dealkylation sites (N-methyl/N-ethyl adjacent to an activating group) is 1. The van der Waals surface area contributed by atoms with Crippen molar-refractivity contribution >= 4 is 38.6 Å². The lowest BCUT2D eigenvalue weighted by molar-refractivity contribution is -0.143. The third-order valence-electron chi connectivity index (χ3n) is 10.6. The summed E-state index contributed by atoms with van der Waals surface area (Å²) < 4.78 is 39.9. The number of fused-ring (bicyclic) bond motifs is 1. The number of pyridine rings is 1. The fraction of sp³-hybridized carbons (Fsp3) is 0.366. The molecule has 5 atom stereocenters. The molecule has 3 aromatic carbocycles. The van der Waals surface area contributed by atoms with Gasteiger partial charge in [-0.3, -0.25) is 24.0 Å². The van der Waals surface area contributed by atoms with Gasteiger partial charge in [-0.1, -0.05) is 66.7 Å². The number of ether oxygens (including phenoxy) is 2. The molecule has 3 unspecified atom stereocenters.